The summed E-state index contributed by atoms with van der Waals surface area (Å²) >= 11 is 0. The Morgan fingerprint density at radius 1 is 1.06 bits per heavy atom. The topological polar surface area (TPSA) is 9.23 Å². The molecule has 104 valence electrons. The fourth-order valence-electron chi connectivity index (χ4n) is 1.88. The van der Waals surface area contributed by atoms with Crippen LogP contribution >= 0.6 is 0 Å². The van der Waals surface area contributed by atoms with E-state index in [9.17, 15) is 0 Å². The van der Waals surface area contributed by atoms with Gasteiger partial charge in [-0.05, 0) is 36.9 Å². The van der Waals surface area contributed by atoms with Gasteiger partial charge < -0.3 is 4.43 Å². The summed E-state index contributed by atoms with van der Waals surface area (Å²) in [4.78, 5) is 0. The van der Waals surface area contributed by atoms with E-state index in [1.165, 1.54) is 32.1 Å². The molecule has 1 nitrogen and oxygen atoms in total. The summed E-state index contributed by atoms with van der Waals surface area (Å²) in [5, 5.41) is 0.348. The van der Waals surface area contributed by atoms with Crippen LogP contribution in [-0.2, 0) is 4.43 Å². The van der Waals surface area contributed by atoms with Gasteiger partial charge in [0.25, 0.3) is 0 Å². The molecule has 0 fully saturated rings. The second-order valence-electron chi connectivity index (χ2n) is 6.81. The lowest BCUT2D eigenvalue weighted by atomic mass is 9.96. The number of hydrogen-bond donors (Lipinski definition) is 0. The van der Waals surface area contributed by atoms with Crippen LogP contribution in [0.2, 0.25) is 18.1 Å². The van der Waals surface area contributed by atoms with Crippen LogP contribution in [0, 0.1) is 5.92 Å². The highest BCUT2D eigenvalue weighted by molar-refractivity contribution is 6.74. The van der Waals surface area contributed by atoms with Gasteiger partial charge in [0, 0.05) is 6.61 Å². The molecule has 0 N–H and O–H groups in total. The lowest BCUT2D eigenvalue weighted by Crippen LogP contribution is -2.41. The maximum Gasteiger partial charge on any atom is 0.191 e. The van der Waals surface area contributed by atoms with Crippen LogP contribution in [0.25, 0.3) is 0 Å². The third-order valence-corrected chi connectivity index (χ3v) is 8.84. The lowest BCUT2D eigenvalue weighted by molar-refractivity contribution is 0.263. The van der Waals surface area contributed by atoms with Crippen LogP contribution < -0.4 is 0 Å². The predicted molar refractivity (Wildman–Crippen MR) is 81.1 cm³/mol. The Hall–Kier alpha value is 0.177. The zero-order valence-electron chi connectivity index (χ0n) is 13.2. The predicted octanol–water partition coefficient (Wildman–Crippen LogP) is 5.61. The van der Waals surface area contributed by atoms with E-state index in [4.69, 9.17) is 4.43 Å². The molecule has 0 saturated heterocycles. The van der Waals surface area contributed by atoms with Crippen molar-refractivity contribution >= 4 is 8.32 Å². The monoisotopic (exact) mass is 258 g/mol. The van der Waals surface area contributed by atoms with E-state index in [1.54, 1.807) is 0 Å². The summed E-state index contributed by atoms with van der Waals surface area (Å²) < 4.78 is 6.21. The van der Waals surface area contributed by atoms with E-state index in [1.807, 2.05) is 0 Å². The third kappa shape index (κ3) is 6.61. The molecule has 1 atom stereocenters. The molecule has 0 aromatic carbocycles. The minimum atomic E-state index is -1.51. The molecule has 0 aromatic rings. The highest BCUT2D eigenvalue weighted by Crippen LogP contribution is 2.36. The summed E-state index contributed by atoms with van der Waals surface area (Å²) in [5.74, 6) is 0.919. The van der Waals surface area contributed by atoms with Gasteiger partial charge in [0.2, 0.25) is 0 Å². The van der Waals surface area contributed by atoms with Crippen molar-refractivity contribution in [3.8, 4) is 0 Å². The van der Waals surface area contributed by atoms with Crippen molar-refractivity contribution in [3.63, 3.8) is 0 Å². The molecule has 0 aliphatic carbocycles. The standard InChI is InChI=1S/C15H34OSi/c1-8-11-14(9-2)12-10-13-16-17(6,7)15(3,4)5/h14H,8-13H2,1-7H3/t14-/m1/s1. The summed E-state index contributed by atoms with van der Waals surface area (Å²) in [6, 6.07) is 0. The molecule has 0 saturated carbocycles. The van der Waals surface area contributed by atoms with Gasteiger partial charge >= 0.3 is 0 Å². The zero-order chi connectivity index (χ0) is 13.5. The maximum absolute atomic E-state index is 6.21. The molecule has 0 rings (SSSR count). The lowest BCUT2D eigenvalue weighted by Gasteiger charge is -2.36. The van der Waals surface area contributed by atoms with Gasteiger partial charge in [-0.25, -0.2) is 0 Å². The van der Waals surface area contributed by atoms with E-state index < -0.39 is 8.32 Å². The van der Waals surface area contributed by atoms with E-state index in [-0.39, 0.29) is 0 Å². The first kappa shape index (κ1) is 17.2. The van der Waals surface area contributed by atoms with Gasteiger partial charge in [0.15, 0.2) is 8.32 Å². The van der Waals surface area contributed by atoms with Crippen LogP contribution in [0.3, 0.4) is 0 Å². The first-order chi connectivity index (χ1) is 7.74. The molecular formula is C15H34OSi. The van der Waals surface area contributed by atoms with Gasteiger partial charge in [-0.15, -0.1) is 0 Å². The summed E-state index contributed by atoms with van der Waals surface area (Å²) in [6.07, 6.45) is 6.62. The molecule has 0 spiro atoms. The Balaban J connectivity index is 3.84. The normalized spacial score (nSPS) is 15.0. The zero-order valence-corrected chi connectivity index (χ0v) is 14.2. The quantitative estimate of drug-likeness (QED) is 0.406. The van der Waals surface area contributed by atoms with Crippen molar-refractivity contribution in [2.24, 2.45) is 5.92 Å². The van der Waals surface area contributed by atoms with Crippen LogP contribution in [0.4, 0.5) is 0 Å². The highest BCUT2D eigenvalue weighted by atomic mass is 28.4. The second-order valence-corrected chi connectivity index (χ2v) is 11.6. The molecular weight excluding hydrogens is 224 g/mol. The first-order valence-corrected chi connectivity index (χ1v) is 10.3. The SMILES string of the molecule is CCC[C@@H](CC)CCCO[Si](C)(C)C(C)(C)C. The fourth-order valence-corrected chi connectivity index (χ4v) is 2.96. The Labute approximate surface area is 110 Å². The van der Waals surface area contributed by atoms with Crippen molar-refractivity contribution in [3.05, 3.63) is 0 Å². The molecule has 0 aliphatic rings. The molecule has 0 unspecified atom stereocenters. The van der Waals surface area contributed by atoms with E-state index in [0.717, 1.165) is 12.5 Å². The Morgan fingerprint density at radius 3 is 2.06 bits per heavy atom. The molecule has 0 aliphatic heterocycles. The van der Waals surface area contributed by atoms with Crippen molar-refractivity contribution in [1.29, 1.82) is 0 Å². The van der Waals surface area contributed by atoms with E-state index in [2.05, 4.69) is 47.7 Å². The van der Waals surface area contributed by atoms with Crippen molar-refractivity contribution in [2.45, 2.75) is 84.9 Å². The van der Waals surface area contributed by atoms with Crippen molar-refractivity contribution in [2.75, 3.05) is 6.61 Å². The average Bonchev–Trinajstić information content (AvgIpc) is 2.21. The smallest absolute Gasteiger partial charge is 0.191 e. The van der Waals surface area contributed by atoms with Crippen LogP contribution in [0.15, 0.2) is 0 Å². The molecule has 17 heavy (non-hydrogen) atoms. The third-order valence-electron chi connectivity index (χ3n) is 4.30. The molecule has 0 heterocycles. The summed E-state index contributed by atoms with van der Waals surface area (Å²) in [7, 11) is -1.51. The molecule has 0 radical (unpaired) electrons. The second kappa shape index (κ2) is 7.58. The van der Waals surface area contributed by atoms with Crippen LogP contribution in [0.1, 0.15) is 66.7 Å². The van der Waals surface area contributed by atoms with Crippen molar-refractivity contribution < 1.29 is 4.43 Å². The average molecular weight is 259 g/mol. The summed E-state index contributed by atoms with van der Waals surface area (Å²) in [5.41, 5.74) is 0. The van der Waals surface area contributed by atoms with Gasteiger partial charge in [-0.3, -0.25) is 0 Å². The van der Waals surface area contributed by atoms with Crippen molar-refractivity contribution in [1.82, 2.24) is 0 Å². The fraction of sp³-hybridized carbons (Fsp3) is 1.00. The molecule has 0 amide bonds. The Kier molecular flexibility index (Phi) is 7.66. The summed E-state index contributed by atoms with van der Waals surface area (Å²) in [6.45, 7) is 17.2. The maximum atomic E-state index is 6.21. The largest absolute Gasteiger partial charge is 0.417 e. The number of rotatable bonds is 8. The minimum absolute atomic E-state index is 0.348. The number of hydrogen-bond acceptors (Lipinski definition) is 1. The Bertz CT molecular complexity index is 194. The van der Waals surface area contributed by atoms with Crippen LogP contribution in [0.5, 0.6) is 0 Å². The van der Waals surface area contributed by atoms with Gasteiger partial charge in [-0.2, -0.15) is 0 Å². The minimum Gasteiger partial charge on any atom is -0.417 e. The van der Waals surface area contributed by atoms with Gasteiger partial charge in [0.05, 0.1) is 0 Å². The highest BCUT2D eigenvalue weighted by Gasteiger charge is 2.36. The molecule has 0 bridgehead atoms. The van der Waals surface area contributed by atoms with E-state index in [0.29, 0.717) is 5.04 Å². The molecule has 0 aromatic heterocycles. The van der Waals surface area contributed by atoms with Gasteiger partial charge in [0.1, 0.15) is 0 Å². The van der Waals surface area contributed by atoms with Gasteiger partial charge in [-0.1, -0.05) is 53.9 Å². The Morgan fingerprint density at radius 2 is 1.65 bits per heavy atom. The first-order valence-electron chi connectivity index (χ1n) is 7.38. The van der Waals surface area contributed by atoms with E-state index >= 15 is 0 Å². The molecule has 2 heteroatoms. The van der Waals surface area contributed by atoms with Crippen LogP contribution in [-0.4, -0.2) is 14.9 Å².